The van der Waals surface area contributed by atoms with Crippen LogP contribution in [0.25, 0.3) is 117 Å². The lowest BCUT2D eigenvalue weighted by Gasteiger charge is -2.13. The van der Waals surface area contributed by atoms with Crippen LogP contribution in [0.2, 0.25) is 0 Å². The van der Waals surface area contributed by atoms with Crippen LogP contribution in [-0.4, -0.2) is 14.5 Å². The van der Waals surface area contributed by atoms with Crippen LogP contribution in [0.3, 0.4) is 0 Å². The molecule has 0 saturated heterocycles. The van der Waals surface area contributed by atoms with Crippen LogP contribution in [0.1, 0.15) is 0 Å². The molecule has 0 aliphatic rings. The van der Waals surface area contributed by atoms with E-state index in [1.165, 1.54) is 27.5 Å². The SMILES string of the molecule is c1ccc(-c2cccc(-c3ccc(-c4cc(-c5ccccc5)nc(-c5ccc6c7ccccc7n(-c7cccc(-c8cccc9oc%10ccccc%10c89)c7)c6c5)n4)cc3)c2)cc1. The predicted molar refractivity (Wildman–Crippen MR) is 256 cm³/mol. The van der Waals surface area contributed by atoms with Gasteiger partial charge in [0, 0.05) is 43.9 Å². The Bertz CT molecular complexity index is 3620. The topological polar surface area (TPSA) is 43.9 Å². The summed E-state index contributed by atoms with van der Waals surface area (Å²) in [4.78, 5) is 10.5. The number of nitrogens with zero attached hydrogens (tertiary/aromatic N) is 3. The van der Waals surface area contributed by atoms with Crippen molar-refractivity contribution in [1.29, 1.82) is 0 Å². The van der Waals surface area contributed by atoms with Crippen LogP contribution in [0.15, 0.2) is 229 Å². The highest BCUT2D eigenvalue weighted by Crippen LogP contribution is 2.40. The number of rotatable bonds is 7. The molecule has 3 aromatic heterocycles. The van der Waals surface area contributed by atoms with Gasteiger partial charge in [-0.15, -0.1) is 0 Å². The molecule has 0 atom stereocenters. The molecule has 0 aliphatic carbocycles. The van der Waals surface area contributed by atoms with Crippen LogP contribution < -0.4 is 0 Å². The van der Waals surface area contributed by atoms with Gasteiger partial charge in [-0.25, -0.2) is 9.97 Å². The van der Waals surface area contributed by atoms with E-state index in [0.717, 1.165) is 83.4 Å². The van der Waals surface area contributed by atoms with E-state index in [0.29, 0.717) is 5.82 Å². The number of para-hydroxylation sites is 2. The Hall–Kier alpha value is -8.34. The molecule has 62 heavy (non-hydrogen) atoms. The molecule has 0 N–H and O–H groups in total. The third kappa shape index (κ3) is 6.16. The van der Waals surface area contributed by atoms with Crippen LogP contribution in [0.4, 0.5) is 0 Å². The molecule has 290 valence electrons. The second kappa shape index (κ2) is 14.7. The first-order chi connectivity index (χ1) is 30.7. The van der Waals surface area contributed by atoms with E-state index >= 15 is 0 Å². The van der Waals surface area contributed by atoms with Gasteiger partial charge in [0.15, 0.2) is 5.82 Å². The molecular formula is C58H37N3O. The van der Waals surface area contributed by atoms with Crippen LogP contribution in [0, 0.1) is 0 Å². The van der Waals surface area contributed by atoms with Crippen molar-refractivity contribution < 1.29 is 4.42 Å². The monoisotopic (exact) mass is 791 g/mol. The smallest absolute Gasteiger partial charge is 0.160 e. The minimum Gasteiger partial charge on any atom is -0.456 e. The fourth-order valence-electron chi connectivity index (χ4n) is 9.04. The fourth-order valence-corrected chi connectivity index (χ4v) is 9.04. The highest BCUT2D eigenvalue weighted by Gasteiger charge is 2.18. The normalized spacial score (nSPS) is 11.5. The molecule has 0 saturated carbocycles. The van der Waals surface area contributed by atoms with Crippen molar-refractivity contribution >= 4 is 43.7 Å². The number of fused-ring (bicyclic) bond motifs is 6. The maximum absolute atomic E-state index is 6.29. The van der Waals surface area contributed by atoms with E-state index in [9.17, 15) is 0 Å². The van der Waals surface area contributed by atoms with Crippen molar-refractivity contribution in [3.63, 3.8) is 0 Å². The summed E-state index contributed by atoms with van der Waals surface area (Å²) in [5.41, 5.74) is 16.8. The summed E-state index contributed by atoms with van der Waals surface area (Å²) < 4.78 is 8.66. The third-order valence-electron chi connectivity index (χ3n) is 12.0. The lowest BCUT2D eigenvalue weighted by atomic mass is 9.98. The summed E-state index contributed by atoms with van der Waals surface area (Å²) in [5, 5.41) is 4.61. The Kier molecular flexibility index (Phi) is 8.46. The minimum absolute atomic E-state index is 0.673. The van der Waals surface area contributed by atoms with Crippen molar-refractivity contribution in [3.05, 3.63) is 224 Å². The van der Waals surface area contributed by atoms with Gasteiger partial charge in [-0.05, 0) is 81.9 Å². The highest BCUT2D eigenvalue weighted by molar-refractivity contribution is 6.13. The number of aromatic nitrogens is 3. The average Bonchev–Trinajstić information content (AvgIpc) is 3.90. The number of benzene rings is 9. The maximum atomic E-state index is 6.29. The molecule has 0 fully saturated rings. The van der Waals surface area contributed by atoms with E-state index in [4.69, 9.17) is 14.4 Å². The fraction of sp³-hybridized carbons (Fsp3) is 0. The Morgan fingerprint density at radius 1 is 0.323 bits per heavy atom. The predicted octanol–water partition coefficient (Wildman–Crippen LogP) is 15.5. The summed E-state index contributed by atoms with van der Waals surface area (Å²) in [6.45, 7) is 0. The maximum Gasteiger partial charge on any atom is 0.160 e. The molecular weight excluding hydrogens is 755 g/mol. The molecule has 9 aromatic carbocycles. The summed E-state index contributed by atoms with van der Waals surface area (Å²) in [7, 11) is 0. The highest BCUT2D eigenvalue weighted by atomic mass is 16.3. The minimum atomic E-state index is 0.673. The summed E-state index contributed by atoms with van der Waals surface area (Å²) in [6.07, 6.45) is 0. The van der Waals surface area contributed by atoms with Gasteiger partial charge in [-0.2, -0.15) is 0 Å². The van der Waals surface area contributed by atoms with E-state index < -0.39 is 0 Å². The van der Waals surface area contributed by atoms with Crippen LogP contribution >= 0.6 is 0 Å². The zero-order valence-corrected chi connectivity index (χ0v) is 33.6. The van der Waals surface area contributed by atoms with Crippen molar-refractivity contribution in [1.82, 2.24) is 14.5 Å². The first kappa shape index (κ1) is 35.6. The Balaban J connectivity index is 0.981. The molecule has 0 radical (unpaired) electrons. The molecule has 12 aromatic rings. The summed E-state index contributed by atoms with van der Waals surface area (Å²) in [6, 6.07) is 79.2. The molecule has 4 heteroatoms. The zero-order valence-electron chi connectivity index (χ0n) is 33.6. The van der Waals surface area contributed by atoms with Crippen molar-refractivity contribution in [2.24, 2.45) is 0 Å². The lowest BCUT2D eigenvalue weighted by Crippen LogP contribution is -1.97. The van der Waals surface area contributed by atoms with E-state index in [-0.39, 0.29) is 0 Å². The van der Waals surface area contributed by atoms with E-state index in [1.54, 1.807) is 0 Å². The number of furan rings is 1. The molecule has 0 aliphatic heterocycles. The van der Waals surface area contributed by atoms with E-state index in [1.807, 2.05) is 18.2 Å². The Morgan fingerprint density at radius 2 is 0.871 bits per heavy atom. The standard InChI is InChI=1S/C58H37N3O/c1-3-14-38(15-4-1)42-18-11-19-43(34-42)39-28-30-41(31-29-39)52-37-51(40-16-5-2-6-17-40)59-58(60-52)45-32-33-49-48-22-7-9-25-53(48)61(54(49)36-45)46-21-12-20-44(35-46)47-24-13-27-56-57(47)50-23-8-10-26-55(50)62-56/h1-37H. The van der Waals surface area contributed by atoms with Gasteiger partial charge in [0.1, 0.15) is 11.2 Å². The summed E-state index contributed by atoms with van der Waals surface area (Å²) in [5.74, 6) is 0.673. The average molecular weight is 792 g/mol. The number of hydrogen-bond acceptors (Lipinski definition) is 3. The Labute approximate surface area is 358 Å². The van der Waals surface area contributed by atoms with Gasteiger partial charge >= 0.3 is 0 Å². The Morgan fingerprint density at radius 3 is 1.66 bits per heavy atom. The third-order valence-corrected chi connectivity index (χ3v) is 12.0. The van der Waals surface area contributed by atoms with Crippen LogP contribution in [0.5, 0.6) is 0 Å². The lowest BCUT2D eigenvalue weighted by molar-refractivity contribution is 0.669. The van der Waals surface area contributed by atoms with Gasteiger partial charge < -0.3 is 8.98 Å². The van der Waals surface area contributed by atoms with Crippen molar-refractivity contribution in [2.75, 3.05) is 0 Å². The van der Waals surface area contributed by atoms with Gasteiger partial charge in [0.05, 0.1) is 22.4 Å². The van der Waals surface area contributed by atoms with Gasteiger partial charge in [0.25, 0.3) is 0 Å². The second-order valence-corrected chi connectivity index (χ2v) is 15.8. The van der Waals surface area contributed by atoms with Gasteiger partial charge in [-0.3, -0.25) is 0 Å². The first-order valence-corrected chi connectivity index (χ1v) is 21.0. The van der Waals surface area contributed by atoms with Gasteiger partial charge in [0.2, 0.25) is 0 Å². The molecule has 0 unspecified atom stereocenters. The molecule has 4 nitrogen and oxygen atoms in total. The van der Waals surface area contributed by atoms with Crippen molar-refractivity contribution in [3.8, 4) is 73.0 Å². The van der Waals surface area contributed by atoms with Crippen LogP contribution in [-0.2, 0) is 0 Å². The quantitative estimate of drug-likeness (QED) is 0.161. The molecule has 12 rings (SSSR count). The number of hydrogen-bond donors (Lipinski definition) is 0. The van der Waals surface area contributed by atoms with Crippen molar-refractivity contribution in [2.45, 2.75) is 0 Å². The second-order valence-electron chi connectivity index (χ2n) is 15.8. The van der Waals surface area contributed by atoms with E-state index in [2.05, 4.69) is 211 Å². The molecule has 0 spiro atoms. The zero-order chi connectivity index (χ0) is 41.0. The molecule has 3 heterocycles. The van der Waals surface area contributed by atoms with Gasteiger partial charge in [-0.1, -0.05) is 176 Å². The largest absolute Gasteiger partial charge is 0.456 e. The first-order valence-electron chi connectivity index (χ1n) is 21.0. The molecule has 0 bridgehead atoms. The summed E-state index contributed by atoms with van der Waals surface area (Å²) >= 11 is 0. The molecule has 0 amide bonds.